The van der Waals surface area contributed by atoms with Crippen LogP contribution in [0.5, 0.6) is 23.1 Å². The van der Waals surface area contributed by atoms with Crippen LogP contribution in [0, 0.1) is 0 Å². The second-order valence-electron chi connectivity index (χ2n) is 13.0. The molecule has 2 aromatic heterocycles. The number of rotatable bonds is 11. The molecule has 0 spiro atoms. The van der Waals surface area contributed by atoms with Crippen LogP contribution < -0.4 is 20.1 Å². The molecule has 0 saturated heterocycles. The topological polar surface area (TPSA) is 119 Å². The average molecular weight is 677 g/mol. The Kier molecular flexibility index (Phi) is 9.47. The minimum atomic E-state index is -0.945. The Hall–Kier alpha value is -5.54. The van der Waals surface area contributed by atoms with Gasteiger partial charge in [-0.25, -0.2) is 4.98 Å². The Bertz CT molecular complexity index is 2090. The maximum absolute atomic E-state index is 13.1. The lowest BCUT2D eigenvalue weighted by molar-refractivity contribution is 0.0743. The van der Waals surface area contributed by atoms with Gasteiger partial charge in [-0.2, -0.15) is 4.98 Å². The fraction of sp³-hybridized carbons (Fsp3) is 0.205. The summed E-state index contributed by atoms with van der Waals surface area (Å²) in [5, 5.41) is 17.0. The minimum Gasteiger partial charge on any atom is -0.507 e. The number of oxazole rings is 1. The molecule has 1 unspecified atom stereocenters. The van der Waals surface area contributed by atoms with Crippen LogP contribution >= 0.6 is 11.6 Å². The van der Waals surface area contributed by atoms with Gasteiger partial charge in [-0.05, 0) is 78.6 Å². The number of pyridine rings is 1. The summed E-state index contributed by atoms with van der Waals surface area (Å²) in [5.74, 6) is 1.15. The molecule has 6 rings (SSSR count). The van der Waals surface area contributed by atoms with Crippen molar-refractivity contribution in [3.05, 3.63) is 131 Å². The summed E-state index contributed by atoms with van der Waals surface area (Å²) in [6, 6.07) is 30.9. The molecule has 0 fully saturated rings. The monoisotopic (exact) mass is 676 g/mol. The van der Waals surface area contributed by atoms with Crippen molar-refractivity contribution in [2.75, 3.05) is 11.9 Å². The number of amides is 1. The van der Waals surface area contributed by atoms with E-state index in [4.69, 9.17) is 30.5 Å². The number of phenolic OH excluding ortho intramolecular Hbond substituents is 1. The smallest absolute Gasteiger partial charge is 0.300 e. The molecule has 1 amide bonds. The summed E-state index contributed by atoms with van der Waals surface area (Å²) in [6.45, 7) is 8.43. The van der Waals surface area contributed by atoms with Gasteiger partial charge in [-0.3, -0.25) is 4.79 Å². The van der Waals surface area contributed by atoms with E-state index in [-0.39, 0.29) is 29.3 Å². The first-order valence-corrected chi connectivity index (χ1v) is 16.2. The number of nitrogens with zero attached hydrogens (tertiary/aromatic N) is 2. The third-order valence-corrected chi connectivity index (χ3v) is 8.18. The molecule has 10 heteroatoms. The predicted molar refractivity (Wildman–Crippen MR) is 191 cm³/mol. The lowest BCUT2D eigenvalue weighted by atomic mass is 9.86. The van der Waals surface area contributed by atoms with Gasteiger partial charge >= 0.3 is 0 Å². The van der Waals surface area contributed by atoms with Crippen LogP contribution in [-0.2, 0) is 11.8 Å². The van der Waals surface area contributed by atoms with Crippen molar-refractivity contribution < 1.29 is 23.8 Å². The first kappa shape index (κ1) is 33.4. The van der Waals surface area contributed by atoms with E-state index in [2.05, 4.69) is 42.5 Å². The number of carbonyl (C=O) groups is 1. The first-order valence-electron chi connectivity index (χ1n) is 15.9. The van der Waals surface area contributed by atoms with Gasteiger partial charge in [0, 0.05) is 23.2 Å². The van der Waals surface area contributed by atoms with E-state index in [1.54, 1.807) is 48.7 Å². The fourth-order valence-corrected chi connectivity index (χ4v) is 5.64. The van der Waals surface area contributed by atoms with Crippen molar-refractivity contribution >= 4 is 40.3 Å². The van der Waals surface area contributed by atoms with Gasteiger partial charge in [0.05, 0.1) is 12.1 Å². The molecule has 4 aromatic carbocycles. The molecule has 6 aromatic rings. The number of anilines is 2. The van der Waals surface area contributed by atoms with E-state index in [1.165, 1.54) is 6.07 Å². The van der Waals surface area contributed by atoms with Crippen LogP contribution in [0.25, 0.3) is 11.1 Å². The molecule has 0 aliphatic rings. The number of phenols is 1. The fourth-order valence-electron chi connectivity index (χ4n) is 5.52. The average Bonchev–Trinajstić information content (AvgIpc) is 3.49. The van der Waals surface area contributed by atoms with Crippen LogP contribution in [0.15, 0.2) is 114 Å². The number of ether oxygens (including phenoxy) is 2. The highest BCUT2D eigenvalue weighted by Crippen LogP contribution is 2.37. The zero-order valence-electron chi connectivity index (χ0n) is 27.7. The Morgan fingerprint density at radius 1 is 0.898 bits per heavy atom. The van der Waals surface area contributed by atoms with E-state index in [0.717, 1.165) is 11.1 Å². The number of nitrogens with one attached hydrogen (secondary N) is 2. The molecule has 0 radical (unpaired) electrons. The van der Waals surface area contributed by atoms with Gasteiger partial charge in [0.15, 0.2) is 5.58 Å². The number of hydrogen-bond donors (Lipinski definition) is 3. The van der Waals surface area contributed by atoms with Gasteiger partial charge < -0.3 is 29.6 Å². The van der Waals surface area contributed by atoms with Crippen LogP contribution in [-0.4, -0.2) is 33.1 Å². The van der Waals surface area contributed by atoms with Gasteiger partial charge in [0.1, 0.15) is 34.1 Å². The highest BCUT2D eigenvalue weighted by atomic mass is 35.5. The molecule has 2 heterocycles. The number of halogens is 1. The zero-order chi connectivity index (χ0) is 34.6. The molecule has 0 aliphatic heterocycles. The van der Waals surface area contributed by atoms with Crippen molar-refractivity contribution in [3.63, 3.8) is 0 Å². The van der Waals surface area contributed by atoms with Gasteiger partial charge in [0.25, 0.3) is 11.9 Å². The summed E-state index contributed by atoms with van der Waals surface area (Å²) in [6.07, 6.45) is 2.02. The number of hydrogen-bond acceptors (Lipinski definition) is 8. The third kappa shape index (κ3) is 7.96. The Balaban J connectivity index is 1.27. The molecular weight excluding hydrogens is 640 g/mol. The number of para-hydroxylation sites is 3. The van der Waals surface area contributed by atoms with Gasteiger partial charge in [-0.1, -0.05) is 74.8 Å². The predicted octanol–water partition coefficient (Wildman–Crippen LogP) is 9.23. The summed E-state index contributed by atoms with van der Waals surface area (Å²) in [5.41, 5.74) is 2.77. The van der Waals surface area contributed by atoms with Crippen molar-refractivity contribution in [2.45, 2.75) is 45.1 Å². The van der Waals surface area contributed by atoms with Crippen molar-refractivity contribution in [1.29, 1.82) is 0 Å². The molecule has 49 heavy (non-hydrogen) atoms. The van der Waals surface area contributed by atoms with E-state index in [0.29, 0.717) is 45.6 Å². The van der Waals surface area contributed by atoms with Crippen LogP contribution in [0.1, 0.15) is 49.2 Å². The standard InChI is InChI=1S/C39H37ClN4O5/c1-38(2,3)29-13-6-8-16-32(29)47-36-30(14-10-22-41-36)43-37-44-34-25(11-9-17-33(34)48-37)23-39(4,49-27-20-18-26(40)19-21-27)24-42-35(46)28-12-5-7-15-31(28)45/h5-22,45H,23-24H2,1-4H3,(H,42,46)(H,43,44). The SMILES string of the molecule is CC(CNC(=O)c1ccccc1O)(Cc1cccc2oc(Nc3cccnc3Oc3ccccc3C(C)(C)C)nc12)Oc1ccc(Cl)cc1. The third-order valence-electron chi connectivity index (χ3n) is 7.93. The first-order chi connectivity index (χ1) is 23.5. The lowest BCUT2D eigenvalue weighted by Gasteiger charge is -2.31. The summed E-state index contributed by atoms with van der Waals surface area (Å²) < 4.78 is 19.0. The van der Waals surface area contributed by atoms with Crippen LogP contribution in [0.2, 0.25) is 5.02 Å². The second-order valence-corrected chi connectivity index (χ2v) is 13.4. The second kappa shape index (κ2) is 13.9. The number of benzene rings is 4. The van der Waals surface area contributed by atoms with E-state index < -0.39 is 11.5 Å². The molecule has 3 N–H and O–H groups in total. The summed E-state index contributed by atoms with van der Waals surface area (Å²) in [7, 11) is 0. The van der Waals surface area contributed by atoms with Gasteiger partial charge in [0.2, 0.25) is 5.88 Å². The Labute approximate surface area is 289 Å². The Morgan fingerprint density at radius 2 is 1.65 bits per heavy atom. The molecule has 0 aliphatic carbocycles. The zero-order valence-corrected chi connectivity index (χ0v) is 28.4. The van der Waals surface area contributed by atoms with E-state index >= 15 is 0 Å². The quantitative estimate of drug-likeness (QED) is 0.124. The minimum absolute atomic E-state index is 0.103. The number of fused-ring (bicyclic) bond motifs is 1. The maximum atomic E-state index is 13.1. The van der Waals surface area contributed by atoms with E-state index in [9.17, 15) is 9.90 Å². The Morgan fingerprint density at radius 3 is 2.43 bits per heavy atom. The van der Waals surface area contributed by atoms with Crippen molar-refractivity contribution in [2.24, 2.45) is 0 Å². The summed E-state index contributed by atoms with van der Waals surface area (Å²) in [4.78, 5) is 22.4. The molecule has 0 bridgehead atoms. The van der Waals surface area contributed by atoms with E-state index in [1.807, 2.05) is 55.5 Å². The number of aromatic nitrogens is 2. The molecule has 0 saturated carbocycles. The molecule has 1 atom stereocenters. The highest BCUT2D eigenvalue weighted by molar-refractivity contribution is 6.30. The maximum Gasteiger partial charge on any atom is 0.300 e. The largest absolute Gasteiger partial charge is 0.507 e. The van der Waals surface area contributed by atoms with Crippen molar-refractivity contribution in [1.82, 2.24) is 15.3 Å². The number of aromatic hydroxyl groups is 1. The molecule has 250 valence electrons. The lowest BCUT2D eigenvalue weighted by Crippen LogP contribution is -2.46. The highest BCUT2D eigenvalue weighted by Gasteiger charge is 2.30. The van der Waals surface area contributed by atoms with Crippen LogP contribution in [0.4, 0.5) is 11.7 Å². The van der Waals surface area contributed by atoms with Crippen LogP contribution in [0.3, 0.4) is 0 Å². The van der Waals surface area contributed by atoms with Crippen molar-refractivity contribution in [3.8, 4) is 23.1 Å². The molecular formula is C39H37ClN4O5. The van der Waals surface area contributed by atoms with Gasteiger partial charge in [-0.15, -0.1) is 0 Å². The molecule has 9 nitrogen and oxygen atoms in total. The summed E-state index contributed by atoms with van der Waals surface area (Å²) >= 11 is 6.13. The normalized spacial score (nSPS) is 12.7. The number of carbonyl (C=O) groups excluding carboxylic acids is 1.